The first kappa shape index (κ1) is 17.5. The van der Waals surface area contributed by atoms with E-state index < -0.39 is 0 Å². The van der Waals surface area contributed by atoms with Gasteiger partial charge in [-0.05, 0) is 44.5 Å². The molecule has 6 nitrogen and oxygen atoms in total. The Labute approximate surface area is 153 Å². The van der Waals surface area contributed by atoms with E-state index in [2.05, 4.69) is 9.80 Å². The summed E-state index contributed by atoms with van der Waals surface area (Å²) in [6.45, 7) is 10.9. The molecule has 1 aromatic carbocycles. The van der Waals surface area contributed by atoms with Gasteiger partial charge in [0.05, 0.1) is 18.8 Å². The van der Waals surface area contributed by atoms with Gasteiger partial charge in [0.15, 0.2) is 0 Å². The molecule has 0 amide bonds. The molecule has 0 atom stereocenters. The fraction of sp³-hybridized carbons (Fsp3) is 0.550. The summed E-state index contributed by atoms with van der Waals surface area (Å²) in [6, 6.07) is 3.99. The highest BCUT2D eigenvalue weighted by Gasteiger charge is 2.22. The van der Waals surface area contributed by atoms with Crippen LogP contribution in [-0.4, -0.2) is 55.9 Å². The molecule has 4 rings (SSSR count). The minimum absolute atomic E-state index is 0.257. The summed E-state index contributed by atoms with van der Waals surface area (Å²) in [5.41, 5.74) is 3.07. The average molecular weight is 358 g/mol. The molecule has 0 unspecified atom stereocenters. The second-order valence-electron chi connectivity index (χ2n) is 7.19. The lowest BCUT2D eigenvalue weighted by Gasteiger charge is -2.31. The lowest BCUT2D eigenvalue weighted by molar-refractivity contribution is 0.0330. The smallest absolute Gasteiger partial charge is 0.339 e. The maximum Gasteiger partial charge on any atom is 0.339 e. The average Bonchev–Trinajstić information content (AvgIpc) is 2.67. The van der Waals surface area contributed by atoms with Crippen molar-refractivity contribution in [3.05, 3.63) is 39.2 Å². The molecule has 1 saturated heterocycles. The van der Waals surface area contributed by atoms with Gasteiger partial charge >= 0.3 is 5.63 Å². The highest BCUT2D eigenvalue weighted by molar-refractivity contribution is 5.85. The van der Waals surface area contributed by atoms with Crippen molar-refractivity contribution in [1.29, 1.82) is 0 Å². The Balaban J connectivity index is 1.49. The van der Waals surface area contributed by atoms with E-state index in [0.29, 0.717) is 17.9 Å². The number of aryl methyl sites for hydroxylation is 1. The van der Waals surface area contributed by atoms with Crippen LogP contribution in [0, 0.1) is 13.8 Å². The van der Waals surface area contributed by atoms with Crippen LogP contribution in [0.4, 0.5) is 0 Å². The van der Waals surface area contributed by atoms with Crippen molar-refractivity contribution in [3.63, 3.8) is 0 Å². The maximum absolute atomic E-state index is 12.1. The second kappa shape index (κ2) is 7.39. The minimum Gasteiger partial charge on any atom is -0.478 e. The molecule has 6 heteroatoms. The predicted octanol–water partition coefficient (Wildman–Crippen LogP) is 2.28. The van der Waals surface area contributed by atoms with Crippen molar-refractivity contribution in [2.24, 2.45) is 0 Å². The number of benzene rings is 1. The maximum atomic E-state index is 12.1. The lowest BCUT2D eigenvalue weighted by Crippen LogP contribution is -2.39. The van der Waals surface area contributed by atoms with Gasteiger partial charge in [0.2, 0.25) is 0 Å². The summed E-state index contributed by atoms with van der Waals surface area (Å²) in [4.78, 5) is 16.9. The van der Waals surface area contributed by atoms with Gasteiger partial charge in [0, 0.05) is 37.1 Å². The van der Waals surface area contributed by atoms with Gasteiger partial charge < -0.3 is 13.9 Å². The summed E-state index contributed by atoms with van der Waals surface area (Å²) in [5, 5.41) is 1.000. The zero-order valence-corrected chi connectivity index (χ0v) is 15.5. The quantitative estimate of drug-likeness (QED) is 0.782. The topological polar surface area (TPSA) is 55.2 Å². The van der Waals surface area contributed by atoms with Gasteiger partial charge in [0.1, 0.15) is 18.1 Å². The molecule has 0 aliphatic carbocycles. The molecule has 0 bridgehead atoms. The highest BCUT2D eigenvalue weighted by atomic mass is 16.5. The van der Waals surface area contributed by atoms with Gasteiger partial charge in [-0.25, -0.2) is 4.79 Å². The van der Waals surface area contributed by atoms with E-state index >= 15 is 0 Å². The predicted molar refractivity (Wildman–Crippen MR) is 99.7 cm³/mol. The zero-order chi connectivity index (χ0) is 18.1. The molecule has 0 spiro atoms. The number of rotatable bonds is 4. The third-order valence-corrected chi connectivity index (χ3v) is 5.52. The number of fused-ring (bicyclic) bond motifs is 3. The molecule has 1 fully saturated rings. The second-order valence-corrected chi connectivity index (χ2v) is 7.19. The van der Waals surface area contributed by atoms with Crippen LogP contribution in [-0.2, 0) is 11.3 Å². The van der Waals surface area contributed by atoms with Gasteiger partial charge in [-0.1, -0.05) is 0 Å². The van der Waals surface area contributed by atoms with Crippen molar-refractivity contribution >= 4 is 11.0 Å². The third kappa shape index (κ3) is 3.37. The molecule has 1 aromatic heterocycles. The van der Waals surface area contributed by atoms with Crippen LogP contribution in [0.25, 0.3) is 11.0 Å². The van der Waals surface area contributed by atoms with Crippen LogP contribution in [0.1, 0.15) is 23.1 Å². The molecule has 3 heterocycles. The molecule has 2 aliphatic heterocycles. The zero-order valence-electron chi connectivity index (χ0n) is 15.5. The number of hydrogen-bond donors (Lipinski definition) is 0. The van der Waals surface area contributed by atoms with E-state index in [1.807, 2.05) is 26.0 Å². The number of nitrogens with zero attached hydrogens (tertiary/aromatic N) is 2. The Bertz CT molecular complexity index is 855. The number of hydrogen-bond acceptors (Lipinski definition) is 6. The molecular formula is C20H26N2O4. The van der Waals surface area contributed by atoms with Gasteiger partial charge in [-0.2, -0.15) is 0 Å². The van der Waals surface area contributed by atoms with Crippen LogP contribution in [0.3, 0.4) is 0 Å². The Hall–Kier alpha value is -1.89. The van der Waals surface area contributed by atoms with Crippen molar-refractivity contribution in [1.82, 2.24) is 9.80 Å². The highest BCUT2D eigenvalue weighted by Crippen LogP contribution is 2.33. The van der Waals surface area contributed by atoms with E-state index in [4.69, 9.17) is 13.9 Å². The van der Waals surface area contributed by atoms with Crippen LogP contribution in [0.2, 0.25) is 0 Å². The first-order chi connectivity index (χ1) is 12.6. The summed E-state index contributed by atoms with van der Waals surface area (Å²) in [5.74, 6) is 0.827. The van der Waals surface area contributed by atoms with Crippen LogP contribution >= 0.6 is 0 Å². The van der Waals surface area contributed by atoms with Crippen molar-refractivity contribution < 1.29 is 13.9 Å². The van der Waals surface area contributed by atoms with E-state index in [0.717, 1.165) is 74.6 Å². The van der Waals surface area contributed by atoms with Crippen LogP contribution in [0.5, 0.6) is 5.75 Å². The summed E-state index contributed by atoms with van der Waals surface area (Å²) >= 11 is 0. The number of morpholine rings is 1. The van der Waals surface area contributed by atoms with Gasteiger partial charge in [-0.15, -0.1) is 0 Å². The molecule has 2 aromatic rings. The van der Waals surface area contributed by atoms with E-state index in [-0.39, 0.29) is 5.63 Å². The lowest BCUT2D eigenvalue weighted by atomic mass is 10.0. The molecule has 0 N–H and O–H groups in total. The van der Waals surface area contributed by atoms with Gasteiger partial charge in [0.25, 0.3) is 0 Å². The minimum atomic E-state index is -0.257. The third-order valence-electron chi connectivity index (χ3n) is 5.52. The van der Waals surface area contributed by atoms with Crippen LogP contribution in [0.15, 0.2) is 21.3 Å². The first-order valence-electron chi connectivity index (χ1n) is 9.34. The van der Waals surface area contributed by atoms with Gasteiger partial charge in [-0.3, -0.25) is 9.80 Å². The molecule has 2 aliphatic rings. The molecule has 0 radical (unpaired) electrons. The van der Waals surface area contributed by atoms with E-state index in [1.165, 1.54) is 0 Å². The molecule has 140 valence electrons. The standard InChI is InChI=1S/C20H26N2O4/c1-14-15(2)20(23)26-19-16(14)4-5-18-17(19)12-22(13-25-18)7-3-6-21-8-10-24-11-9-21/h4-5H,3,6-13H2,1-2H3. The molecule has 0 saturated carbocycles. The summed E-state index contributed by atoms with van der Waals surface area (Å²) < 4.78 is 17.0. The first-order valence-corrected chi connectivity index (χ1v) is 9.34. The monoisotopic (exact) mass is 358 g/mol. The van der Waals surface area contributed by atoms with Crippen molar-refractivity contribution in [2.45, 2.75) is 26.8 Å². The normalized spacial score (nSPS) is 18.7. The van der Waals surface area contributed by atoms with Crippen molar-refractivity contribution in [2.75, 3.05) is 46.1 Å². The summed E-state index contributed by atoms with van der Waals surface area (Å²) in [7, 11) is 0. The Morgan fingerprint density at radius 2 is 1.81 bits per heavy atom. The molecule has 26 heavy (non-hydrogen) atoms. The fourth-order valence-corrected chi connectivity index (χ4v) is 3.75. The fourth-order valence-electron chi connectivity index (χ4n) is 3.75. The van der Waals surface area contributed by atoms with Crippen molar-refractivity contribution in [3.8, 4) is 5.75 Å². The Morgan fingerprint density at radius 3 is 2.62 bits per heavy atom. The van der Waals surface area contributed by atoms with E-state index in [1.54, 1.807) is 0 Å². The summed E-state index contributed by atoms with van der Waals surface area (Å²) in [6.07, 6.45) is 1.09. The van der Waals surface area contributed by atoms with E-state index in [9.17, 15) is 4.79 Å². The SMILES string of the molecule is Cc1c(C)c2ccc3c(c2oc1=O)CN(CCCN1CCOCC1)CO3. The number of ether oxygens (including phenoxy) is 2. The molecular weight excluding hydrogens is 332 g/mol. The largest absolute Gasteiger partial charge is 0.478 e. The Kier molecular flexibility index (Phi) is 4.98. The van der Waals surface area contributed by atoms with Crippen LogP contribution < -0.4 is 10.4 Å². The Morgan fingerprint density at radius 1 is 1.04 bits per heavy atom.